The third-order valence-electron chi connectivity index (χ3n) is 2.66. The van der Waals surface area contributed by atoms with Gasteiger partial charge in [-0.15, -0.1) is 0 Å². The second kappa shape index (κ2) is 5.54. The Morgan fingerprint density at radius 2 is 2.00 bits per heavy atom. The zero-order valence-electron chi connectivity index (χ0n) is 10.3. The van der Waals surface area contributed by atoms with Gasteiger partial charge in [-0.25, -0.2) is 22.7 Å². The second-order valence-electron chi connectivity index (χ2n) is 4.14. The second-order valence-corrected chi connectivity index (χ2v) is 6.46. The molecule has 112 valence electrons. The van der Waals surface area contributed by atoms with Crippen LogP contribution >= 0.6 is 15.9 Å². The summed E-state index contributed by atoms with van der Waals surface area (Å²) < 4.78 is 37.0. The topological polar surface area (TPSA) is 115 Å². The van der Waals surface area contributed by atoms with E-state index in [9.17, 15) is 22.4 Å². The molecule has 0 radical (unpaired) electrons. The number of hydrogen-bond donors (Lipinski definition) is 2. The molecule has 0 aliphatic heterocycles. The van der Waals surface area contributed by atoms with Crippen LogP contribution in [-0.4, -0.2) is 18.0 Å². The number of benzene rings is 1. The molecule has 0 aliphatic rings. The fraction of sp³-hybridized carbons (Fsp3) is 0.0909. The molecule has 1 aromatic heterocycles. The molecule has 10 heteroatoms. The number of aromatic amines is 1. The van der Waals surface area contributed by atoms with Crippen LogP contribution in [0.2, 0.25) is 0 Å². The lowest BCUT2D eigenvalue weighted by Gasteiger charge is -2.09. The van der Waals surface area contributed by atoms with Crippen LogP contribution in [0.3, 0.4) is 0 Å². The number of sulfonamides is 1. The van der Waals surface area contributed by atoms with E-state index in [1.807, 2.05) is 4.98 Å². The van der Waals surface area contributed by atoms with Gasteiger partial charge in [-0.1, -0.05) is 12.1 Å². The highest BCUT2D eigenvalue weighted by atomic mass is 79.9. The van der Waals surface area contributed by atoms with Crippen molar-refractivity contribution < 1.29 is 12.8 Å². The Morgan fingerprint density at radius 1 is 1.33 bits per heavy atom. The van der Waals surface area contributed by atoms with Crippen LogP contribution < -0.4 is 16.4 Å². The Hall–Kier alpha value is -1.78. The molecule has 1 heterocycles. The first kappa shape index (κ1) is 15.6. The SMILES string of the molecule is NS(=O)(=O)c1cn(Cc2cccc(F)c2Br)c(=O)[nH]c1=O. The molecule has 0 saturated carbocycles. The van der Waals surface area contributed by atoms with Crippen LogP contribution in [0.25, 0.3) is 0 Å². The van der Waals surface area contributed by atoms with Gasteiger partial charge in [-0.05, 0) is 27.6 Å². The molecule has 21 heavy (non-hydrogen) atoms. The predicted molar refractivity (Wildman–Crippen MR) is 75.9 cm³/mol. The van der Waals surface area contributed by atoms with Crippen molar-refractivity contribution in [2.75, 3.05) is 0 Å². The number of aromatic nitrogens is 2. The van der Waals surface area contributed by atoms with Crippen molar-refractivity contribution in [1.82, 2.24) is 9.55 Å². The summed E-state index contributed by atoms with van der Waals surface area (Å²) >= 11 is 3.03. The van der Waals surface area contributed by atoms with Crippen LogP contribution in [0, 0.1) is 5.82 Å². The van der Waals surface area contributed by atoms with E-state index in [0.29, 0.717) is 5.56 Å². The lowest BCUT2D eigenvalue weighted by Crippen LogP contribution is -2.34. The highest BCUT2D eigenvalue weighted by molar-refractivity contribution is 9.10. The van der Waals surface area contributed by atoms with E-state index in [0.717, 1.165) is 10.8 Å². The maximum Gasteiger partial charge on any atom is 0.328 e. The predicted octanol–water partition coefficient (Wildman–Crippen LogP) is 0.134. The molecule has 0 amide bonds. The molecule has 2 aromatic rings. The first-order valence-electron chi connectivity index (χ1n) is 5.49. The first-order valence-corrected chi connectivity index (χ1v) is 7.83. The van der Waals surface area contributed by atoms with Gasteiger partial charge in [-0.2, -0.15) is 0 Å². The van der Waals surface area contributed by atoms with Gasteiger partial charge in [-0.3, -0.25) is 14.3 Å². The van der Waals surface area contributed by atoms with Crippen molar-refractivity contribution >= 4 is 26.0 Å². The summed E-state index contributed by atoms with van der Waals surface area (Å²) in [5.74, 6) is -0.531. The van der Waals surface area contributed by atoms with Crippen LogP contribution in [-0.2, 0) is 16.6 Å². The molecule has 0 spiro atoms. The standard InChI is InChI=1S/C11H9BrFN3O4S/c12-9-6(2-1-3-7(9)13)4-16-5-8(21(14,19)20)10(17)15-11(16)18/h1-3,5H,4H2,(H2,14,19,20)(H,15,17,18). The number of nitrogens with two attached hydrogens (primary N) is 1. The minimum Gasteiger partial charge on any atom is -0.295 e. The number of H-pyrrole nitrogens is 1. The minimum atomic E-state index is -4.27. The lowest BCUT2D eigenvalue weighted by molar-refractivity contribution is 0.590. The fourth-order valence-corrected chi connectivity index (χ4v) is 2.64. The van der Waals surface area contributed by atoms with Crippen LogP contribution in [0.4, 0.5) is 4.39 Å². The van der Waals surface area contributed by atoms with Gasteiger partial charge in [0.1, 0.15) is 5.82 Å². The van der Waals surface area contributed by atoms with E-state index >= 15 is 0 Å². The van der Waals surface area contributed by atoms with E-state index < -0.39 is 32.0 Å². The number of rotatable bonds is 3. The molecule has 7 nitrogen and oxygen atoms in total. The van der Waals surface area contributed by atoms with Crippen molar-refractivity contribution in [3.8, 4) is 0 Å². The minimum absolute atomic E-state index is 0.139. The average Bonchev–Trinajstić information content (AvgIpc) is 2.36. The number of hydrogen-bond acceptors (Lipinski definition) is 4. The summed E-state index contributed by atoms with van der Waals surface area (Å²) in [4.78, 5) is 24.2. The zero-order valence-corrected chi connectivity index (χ0v) is 12.7. The molecule has 0 atom stereocenters. The Balaban J connectivity index is 2.58. The summed E-state index contributed by atoms with van der Waals surface area (Å²) in [5, 5.41) is 4.89. The third-order valence-corrected chi connectivity index (χ3v) is 4.45. The molecule has 0 bridgehead atoms. The van der Waals surface area contributed by atoms with E-state index in [-0.39, 0.29) is 11.0 Å². The number of halogens is 2. The Bertz CT molecular complexity index is 920. The van der Waals surface area contributed by atoms with E-state index in [1.165, 1.54) is 12.1 Å². The normalized spacial score (nSPS) is 11.6. The molecule has 1 aromatic carbocycles. The molecule has 0 aliphatic carbocycles. The summed E-state index contributed by atoms with van der Waals surface area (Å²) in [7, 11) is -4.27. The molecule has 2 rings (SSSR count). The van der Waals surface area contributed by atoms with Crippen LogP contribution in [0.15, 0.2) is 43.4 Å². The summed E-state index contributed by atoms with van der Waals surface area (Å²) in [6.45, 7) is -0.142. The Morgan fingerprint density at radius 3 is 2.62 bits per heavy atom. The smallest absolute Gasteiger partial charge is 0.295 e. The number of nitrogens with one attached hydrogen (secondary N) is 1. The highest BCUT2D eigenvalue weighted by Crippen LogP contribution is 2.20. The summed E-state index contributed by atoms with van der Waals surface area (Å²) in [6.07, 6.45) is 0.827. The zero-order chi connectivity index (χ0) is 15.8. The largest absolute Gasteiger partial charge is 0.328 e. The van der Waals surface area contributed by atoms with Crippen LogP contribution in [0.5, 0.6) is 0 Å². The monoisotopic (exact) mass is 377 g/mol. The highest BCUT2D eigenvalue weighted by Gasteiger charge is 2.16. The Kier molecular flexibility index (Phi) is 4.12. The summed E-state index contributed by atoms with van der Waals surface area (Å²) in [5.41, 5.74) is -1.54. The van der Waals surface area contributed by atoms with Crippen molar-refractivity contribution in [1.29, 1.82) is 0 Å². The van der Waals surface area contributed by atoms with Gasteiger partial charge in [0.2, 0.25) is 10.0 Å². The molecular formula is C11H9BrFN3O4S. The van der Waals surface area contributed by atoms with Crippen molar-refractivity contribution in [3.05, 3.63) is 61.1 Å². The van der Waals surface area contributed by atoms with Gasteiger partial charge in [0, 0.05) is 6.20 Å². The third kappa shape index (κ3) is 3.28. The van der Waals surface area contributed by atoms with Gasteiger partial charge < -0.3 is 0 Å². The van der Waals surface area contributed by atoms with E-state index in [1.54, 1.807) is 6.07 Å². The van der Waals surface area contributed by atoms with Crippen molar-refractivity contribution in [3.63, 3.8) is 0 Å². The number of primary sulfonamides is 1. The molecule has 0 saturated heterocycles. The number of nitrogens with zero attached hydrogens (tertiary/aromatic N) is 1. The Labute approximate surface area is 126 Å². The van der Waals surface area contributed by atoms with E-state index in [2.05, 4.69) is 15.9 Å². The van der Waals surface area contributed by atoms with Crippen molar-refractivity contribution in [2.45, 2.75) is 11.4 Å². The molecule has 0 fully saturated rings. The quantitative estimate of drug-likeness (QED) is 0.790. The van der Waals surface area contributed by atoms with Crippen molar-refractivity contribution in [2.24, 2.45) is 5.14 Å². The van der Waals surface area contributed by atoms with Gasteiger partial charge >= 0.3 is 5.69 Å². The molecule has 0 unspecified atom stereocenters. The average molecular weight is 378 g/mol. The first-order chi connectivity index (χ1) is 9.70. The van der Waals surface area contributed by atoms with E-state index in [4.69, 9.17) is 5.14 Å². The van der Waals surface area contributed by atoms with Gasteiger partial charge in [0.15, 0.2) is 4.90 Å². The molecular weight excluding hydrogens is 369 g/mol. The van der Waals surface area contributed by atoms with Gasteiger partial charge in [0.25, 0.3) is 5.56 Å². The molecule has 3 N–H and O–H groups in total. The maximum absolute atomic E-state index is 13.4. The van der Waals surface area contributed by atoms with Crippen LogP contribution in [0.1, 0.15) is 5.56 Å². The summed E-state index contributed by atoms with van der Waals surface area (Å²) in [6, 6.07) is 4.20. The van der Waals surface area contributed by atoms with Gasteiger partial charge in [0.05, 0.1) is 11.0 Å². The lowest BCUT2D eigenvalue weighted by atomic mass is 10.2. The fourth-order valence-electron chi connectivity index (χ4n) is 1.66. The maximum atomic E-state index is 13.4.